The summed E-state index contributed by atoms with van der Waals surface area (Å²) in [5.41, 5.74) is 0.342. The van der Waals surface area contributed by atoms with Crippen LogP contribution in [0.2, 0.25) is 5.02 Å². The number of benzene rings is 1. The highest BCUT2D eigenvalue weighted by atomic mass is 79.9. The van der Waals surface area contributed by atoms with E-state index < -0.39 is 6.04 Å². The van der Waals surface area contributed by atoms with Gasteiger partial charge in [-0.2, -0.15) is 0 Å². The van der Waals surface area contributed by atoms with Crippen molar-refractivity contribution >= 4 is 39.3 Å². The molecule has 0 aromatic heterocycles. The highest BCUT2D eigenvalue weighted by Crippen LogP contribution is 2.25. The second kappa shape index (κ2) is 6.91. The third kappa shape index (κ3) is 3.94. The Kier molecular flexibility index (Phi) is 5.82. The van der Waals surface area contributed by atoms with Crippen LogP contribution < -0.4 is 5.32 Å². The molecule has 0 bridgehead atoms. The SMILES string of the molecule is CCN(C)C(=O)C(C)NC(=O)c1cccc(Br)c1Cl. The van der Waals surface area contributed by atoms with Gasteiger partial charge in [0.05, 0.1) is 10.6 Å². The number of nitrogens with zero attached hydrogens (tertiary/aromatic N) is 1. The van der Waals surface area contributed by atoms with Gasteiger partial charge in [-0.25, -0.2) is 0 Å². The summed E-state index contributed by atoms with van der Waals surface area (Å²) in [6.07, 6.45) is 0. The van der Waals surface area contributed by atoms with E-state index in [0.717, 1.165) is 0 Å². The molecule has 0 saturated carbocycles. The topological polar surface area (TPSA) is 49.4 Å². The molecule has 6 heteroatoms. The summed E-state index contributed by atoms with van der Waals surface area (Å²) in [4.78, 5) is 25.5. The number of halogens is 2. The first-order chi connectivity index (χ1) is 8.88. The Morgan fingerprint density at radius 2 is 2.11 bits per heavy atom. The van der Waals surface area contributed by atoms with Crippen LogP contribution in [-0.4, -0.2) is 36.3 Å². The van der Waals surface area contributed by atoms with E-state index in [9.17, 15) is 9.59 Å². The number of hydrogen-bond donors (Lipinski definition) is 1. The quantitative estimate of drug-likeness (QED) is 0.910. The van der Waals surface area contributed by atoms with E-state index in [2.05, 4.69) is 21.2 Å². The molecule has 1 atom stereocenters. The monoisotopic (exact) mass is 346 g/mol. The van der Waals surface area contributed by atoms with Gasteiger partial charge in [0.2, 0.25) is 5.91 Å². The predicted octanol–water partition coefficient (Wildman–Crippen LogP) is 2.70. The predicted molar refractivity (Wildman–Crippen MR) is 79.4 cm³/mol. The van der Waals surface area contributed by atoms with Crippen molar-refractivity contribution in [2.24, 2.45) is 0 Å². The molecule has 0 aliphatic carbocycles. The Labute approximate surface area is 126 Å². The van der Waals surface area contributed by atoms with Gasteiger partial charge in [0.1, 0.15) is 6.04 Å². The van der Waals surface area contributed by atoms with E-state index in [1.807, 2.05) is 6.92 Å². The summed E-state index contributed by atoms with van der Waals surface area (Å²) in [7, 11) is 1.69. The van der Waals surface area contributed by atoms with E-state index in [1.54, 1.807) is 37.1 Å². The zero-order valence-corrected chi connectivity index (χ0v) is 13.4. The van der Waals surface area contributed by atoms with Crippen molar-refractivity contribution < 1.29 is 9.59 Å². The molecule has 19 heavy (non-hydrogen) atoms. The third-order valence-electron chi connectivity index (χ3n) is 2.76. The average Bonchev–Trinajstić information content (AvgIpc) is 2.39. The van der Waals surface area contributed by atoms with Crippen LogP contribution in [-0.2, 0) is 4.79 Å². The maximum atomic E-state index is 12.1. The fourth-order valence-corrected chi connectivity index (χ4v) is 2.08. The molecular weight excluding hydrogens is 332 g/mol. The van der Waals surface area contributed by atoms with E-state index in [0.29, 0.717) is 21.6 Å². The summed E-state index contributed by atoms with van der Waals surface area (Å²) in [5.74, 6) is -0.501. The number of carbonyl (C=O) groups excluding carboxylic acids is 2. The first-order valence-corrected chi connectivity index (χ1v) is 7.05. The Morgan fingerprint density at radius 3 is 2.68 bits per heavy atom. The number of rotatable bonds is 4. The number of nitrogens with one attached hydrogen (secondary N) is 1. The lowest BCUT2D eigenvalue weighted by molar-refractivity contribution is -0.131. The molecule has 0 aliphatic heterocycles. The molecule has 1 rings (SSSR count). The molecule has 0 radical (unpaired) electrons. The summed E-state index contributed by atoms with van der Waals surface area (Å²) in [5, 5.41) is 2.98. The van der Waals surface area contributed by atoms with Gasteiger partial charge in [-0.3, -0.25) is 9.59 Å². The Balaban J connectivity index is 2.80. The van der Waals surface area contributed by atoms with Gasteiger partial charge in [-0.1, -0.05) is 17.7 Å². The van der Waals surface area contributed by atoms with Crippen LogP contribution in [0.15, 0.2) is 22.7 Å². The maximum Gasteiger partial charge on any atom is 0.253 e. The number of hydrogen-bond acceptors (Lipinski definition) is 2. The largest absolute Gasteiger partial charge is 0.344 e. The van der Waals surface area contributed by atoms with Gasteiger partial charge >= 0.3 is 0 Å². The van der Waals surface area contributed by atoms with Crippen LogP contribution in [0.3, 0.4) is 0 Å². The second-order valence-corrected chi connectivity index (χ2v) is 5.38. The summed E-state index contributed by atoms with van der Waals surface area (Å²) >= 11 is 9.29. The Morgan fingerprint density at radius 1 is 1.47 bits per heavy atom. The Hall–Kier alpha value is -1.07. The fourth-order valence-electron chi connectivity index (χ4n) is 1.50. The van der Waals surface area contributed by atoms with Gasteiger partial charge in [0, 0.05) is 18.1 Å². The van der Waals surface area contributed by atoms with Crippen molar-refractivity contribution in [3.8, 4) is 0 Å². The molecule has 1 aromatic carbocycles. The molecular formula is C13H16BrClN2O2. The zero-order chi connectivity index (χ0) is 14.6. The molecule has 0 spiro atoms. The van der Waals surface area contributed by atoms with Crippen LogP contribution in [0.25, 0.3) is 0 Å². The average molecular weight is 348 g/mol. The number of likely N-dealkylation sites (N-methyl/N-ethyl adjacent to an activating group) is 1. The highest BCUT2D eigenvalue weighted by Gasteiger charge is 2.20. The van der Waals surface area contributed by atoms with Gasteiger partial charge in [0.15, 0.2) is 0 Å². The number of amides is 2. The molecule has 1 aromatic rings. The van der Waals surface area contributed by atoms with Crippen molar-refractivity contribution in [2.75, 3.05) is 13.6 Å². The smallest absolute Gasteiger partial charge is 0.253 e. The van der Waals surface area contributed by atoms with Crippen molar-refractivity contribution in [1.82, 2.24) is 10.2 Å². The minimum absolute atomic E-state index is 0.137. The molecule has 0 saturated heterocycles. The normalized spacial score (nSPS) is 11.8. The molecule has 0 aliphatic rings. The van der Waals surface area contributed by atoms with Gasteiger partial charge in [-0.05, 0) is 41.9 Å². The molecule has 2 amide bonds. The maximum absolute atomic E-state index is 12.1. The van der Waals surface area contributed by atoms with Crippen molar-refractivity contribution in [3.63, 3.8) is 0 Å². The van der Waals surface area contributed by atoms with Crippen LogP contribution in [0.1, 0.15) is 24.2 Å². The van der Waals surface area contributed by atoms with Crippen LogP contribution >= 0.6 is 27.5 Å². The van der Waals surface area contributed by atoms with Crippen molar-refractivity contribution in [2.45, 2.75) is 19.9 Å². The summed E-state index contributed by atoms with van der Waals surface area (Å²) < 4.78 is 0.645. The number of carbonyl (C=O) groups is 2. The first kappa shape index (κ1) is 16.0. The zero-order valence-electron chi connectivity index (χ0n) is 11.0. The first-order valence-electron chi connectivity index (χ1n) is 5.88. The van der Waals surface area contributed by atoms with Gasteiger partial charge < -0.3 is 10.2 Å². The molecule has 104 valence electrons. The van der Waals surface area contributed by atoms with Crippen LogP contribution in [0.5, 0.6) is 0 Å². The lowest BCUT2D eigenvalue weighted by Gasteiger charge is -2.20. The molecule has 4 nitrogen and oxygen atoms in total. The lowest BCUT2D eigenvalue weighted by atomic mass is 10.2. The Bertz CT molecular complexity index is 494. The minimum atomic E-state index is -0.590. The molecule has 1 unspecified atom stereocenters. The van der Waals surface area contributed by atoms with Crippen LogP contribution in [0.4, 0.5) is 0 Å². The standard InChI is InChI=1S/C13H16BrClN2O2/c1-4-17(3)13(19)8(2)16-12(18)9-6-5-7-10(14)11(9)15/h5-8H,4H2,1-3H3,(H,16,18). The third-order valence-corrected chi connectivity index (χ3v) is 4.06. The minimum Gasteiger partial charge on any atom is -0.344 e. The van der Waals surface area contributed by atoms with E-state index in [-0.39, 0.29) is 11.8 Å². The van der Waals surface area contributed by atoms with E-state index >= 15 is 0 Å². The van der Waals surface area contributed by atoms with Gasteiger partial charge in [0.25, 0.3) is 5.91 Å². The van der Waals surface area contributed by atoms with E-state index in [4.69, 9.17) is 11.6 Å². The van der Waals surface area contributed by atoms with Crippen molar-refractivity contribution in [3.05, 3.63) is 33.3 Å². The van der Waals surface area contributed by atoms with Gasteiger partial charge in [-0.15, -0.1) is 0 Å². The lowest BCUT2D eigenvalue weighted by Crippen LogP contribution is -2.45. The molecule has 1 N–H and O–H groups in total. The summed E-state index contributed by atoms with van der Waals surface area (Å²) in [6.45, 7) is 4.12. The van der Waals surface area contributed by atoms with Crippen LogP contribution in [0, 0.1) is 0 Å². The summed E-state index contributed by atoms with van der Waals surface area (Å²) in [6, 6.07) is 4.49. The highest BCUT2D eigenvalue weighted by molar-refractivity contribution is 9.10. The molecule has 0 fully saturated rings. The molecule has 0 heterocycles. The van der Waals surface area contributed by atoms with Crippen molar-refractivity contribution in [1.29, 1.82) is 0 Å². The second-order valence-electron chi connectivity index (χ2n) is 4.15. The van der Waals surface area contributed by atoms with E-state index in [1.165, 1.54) is 0 Å². The fraction of sp³-hybridized carbons (Fsp3) is 0.385.